The molecule has 0 N–H and O–H groups in total. The molecule has 1 saturated heterocycles. The maximum Gasteiger partial charge on any atom is 0.410 e. The summed E-state index contributed by atoms with van der Waals surface area (Å²) in [4.78, 5) is 23.9. The fourth-order valence-corrected chi connectivity index (χ4v) is 6.21. The van der Waals surface area contributed by atoms with Crippen LogP contribution in [-0.2, 0) is 17.8 Å². The Bertz CT molecular complexity index is 1510. The van der Waals surface area contributed by atoms with Crippen LogP contribution < -0.4 is 0 Å². The molecule has 2 unspecified atom stereocenters. The van der Waals surface area contributed by atoms with E-state index in [1.807, 2.05) is 53.7 Å². The molecule has 2 atom stereocenters. The zero-order valence-corrected chi connectivity index (χ0v) is 20.9. The Kier molecular flexibility index (Phi) is 5.68. The maximum atomic E-state index is 13.0. The average molecular weight is 492 g/mol. The van der Waals surface area contributed by atoms with Crippen molar-refractivity contribution in [3.63, 3.8) is 0 Å². The summed E-state index contributed by atoms with van der Waals surface area (Å²) in [6.07, 6.45) is 7.15. The molecule has 2 fully saturated rings. The van der Waals surface area contributed by atoms with E-state index in [2.05, 4.69) is 39.7 Å². The number of pyridine rings is 1. The van der Waals surface area contributed by atoms with E-state index in [9.17, 15) is 10.1 Å². The standard InChI is InChI=1S/C30H29N5O2/c1-29(19-35-21-33-26-10-9-22(16-31)15-27(26)35)11-5-12-30(18-29)20-34(28(36)37-30)17-23-6-4-7-24(14-23)25-8-2-3-13-32-25/h2-4,6-10,13-15,21H,5,11-12,17-20H2,1H3. The highest BCUT2D eigenvalue weighted by atomic mass is 16.6. The van der Waals surface area contributed by atoms with Crippen molar-refractivity contribution in [2.75, 3.05) is 6.54 Å². The van der Waals surface area contributed by atoms with Gasteiger partial charge in [-0.25, -0.2) is 9.78 Å². The van der Waals surface area contributed by atoms with Crippen molar-refractivity contribution in [2.24, 2.45) is 5.41 Å². The minimum atomic E-state index is -0.475. The molecule has 6 rings (SSSR count). The van der Waals surface area contributed by atoms with Crippen LogP contribution in [0.1, 0.15) is 43.7 Å². The molecule has 3 heterocycles. The fraction of sp³-hybridized carbons (Fsp3) is 0.333. The molecule has 186 valence electrons. The quantitative estimate of drug-likeness (QED) is 0.345. The summed E-state index contributed by atoms with van der Waals surface area (Å²) in [6.45, 7) is 4.16. The Morgan fingerprint density at radius 1 is 1.08 bits per heavy atom. The first-order chi connectivity index (χ1) is 17.9. The van der Waals surface area contributed by atoms with E-state index >= 15 is 0 Å². The minimum absolute atomic E-state index is 0.0519. The first-order valence-electron chi connectivity index (χ1n) is 12.8. The van der Waals surface area contributed by atoms with Gasteiger partial charge in [-0.15, -0.1) is 0 Å². The zero-order chi connectivity index (χ0) is 25.5. The Labute approximate surface area is 216 Å². The summed E-state index contributed by atoms with van der Waals surface area (Å²) in [7, 11) is 0. The SMILES string of the molecule is CC1(Cn2cnc3ccc(C#N)cc32)CCCC2(CN(Cc3cccc(-c4ccccn4)c3)C(=O)O2)C1. The molecule has 1 spiro atoms. The average Bonchev–Trinajstić information content (AvgIpc) is 3.43. The Hall–Kier alpha value is -4.18. The third-order valence-electron chi connectivity index (χ3n) is 7.77. The number of carbonyl (C=O) groups excluding carboxylic acids is 1. The molecule has 4 aromatic rings. The van der Waals surface area contributed by atoms with Crippen LogP contribution >= 0.6 is 0 Å². The van der Waals surface area contributed by atoms with E-state index < -0.39 is 5.60 Å². The molecule has 7 heteroatoms. The van der Waals surface area contributed by atoms with Crippen molar-refractivity contribution in [3.05, 3.63) is 84.3 Å². The van der Waals surface area contributed by atoms with Gasteiger partial charge in [0.1, 0.15) is 5.60 Å². The third-order valence-corrected chi connectivity index (χ3v) is 7.77. The highest BCUT2D eigenvalue weighted by Gasteiger charge is 2.51. The van der Waals surface area contributed by atoms with Gasteiger partial charge >= 0.3 is 6.09 Å². The lowest BCUT2D eigenvalue weighted by molar-refractivity contribution is -0.0270. The van der Waals surface area contributed by atoms with Gasteiger partial charge in [0.15, 0.2) is 0 Å². The summed E-state index contributed by atoms with van der Waals surface area (Å²) in [6, 6.07) is 21.9. The zero-order valence-electron chi connectivity index (χ0n) is 20.9. The molecular weight excluding hydrogens is 462 g/mol. The highest BCUT2D eigenvalue weighted by molar-refractivity contribution is 5.77. The Morgan fingerprint density at radius 2 is 2.00 bits per heavy atom. The largest absolute Gasteiger partial charge is 0.441 e. The summed E-state index contributed by atoms with van der Waals surface area (Å²) in [5.74, 6) is 0. The second kappa shape index (κ2) is 9.04. The van der Waals surface area contributed by atoms with Crippen LogP contribution in [0.2, 0.25) is 0 Å². The first-order valence-corrected chi connectivity index (χ1v) is 12.8. The van der Waals surface area contributed by atoms with Gasteiger partial charge in [-0.2, -0.15) is 5.26 Å². The molecule has 1 aliphatic carbocycles. The topological polar surface area (TPSA) is 84.0 Å². The van der Waals surface area contributed by atoms with Gasteiger partial charge in [-0.3, -0.25) is 9.88 Å². The Balaban J connectivity index is 1.19. The molecule has 37 heavy (non-hydrogen) atoms. The molecule has 2 aliphatic rings. The second-order valence-corrected chi connectivity index (χ2v) is 10.9. The van der Waals surface area contributed by atoms with Crippen LogP contribution in [0, 0.1) is 16.7 Å². The number of imidazole rings is 1. The maximum absolute atomic E-state index is 13.0. The van der Waals surface area contributed by atoms with E-state index in [-0.39, 0.29) is 11.5 Å². The molecule has 2 aromatic carbocycles. The number of nitrogens with zero attached hydrogens (tertiary/aromatic N) is 5. The van der Waals surface area contributed by atoms with Gasteiger partial charge in [0.05, 0.1) is 41.2 Å². The van der Waals surface area contributed by atoms with Crippen molar-refractivity contribution in [2.45, 2.75) is 51.3 Å². The van der Waals surface area contributed by atoms with Crippen molar-refractivity contribution in [1.29, 1.82) is 5.26 Å². The number of nitriles is 1. The smallest absolute Gasteiger partial charge is 0.410 e. The summed E-state index contributed by atoms with van der Waals surface area (Å²) < 4.78 is 8.28. The molecule has 1 amide bonds. The van der Waals surface area contributed by atoms with Crippen LogP contribution in [-0.4, -0.2) is 37.7 Å². The number of rotatable bonds is 5. The van der Waals surface area contributed by atoms with Crippen LogP contribution in [0.5, 0.6) is 0 Å². The number of aromatic nitrogens is 3. The predicted molar refractivity (Wildman–Crippen MR) is 140 cm³/mol. The van der Waals surface area contributed by atoms with Crippen LogP contribution in [0.3, 0.4) is 0 Å². The highest BCUT2D eigenvalue weighted by Crippen LogP contribution is 2.47. The second-order valence-electron chi connectivity index (χ2n) is 10.9. The van der Waals surface area contributed by atoms with E-state index in [4.69, 9.17) is 4.74 Å². The van der Waals surface area contributed by atoms with Gasteiger partial charge in [0.25, 0.3) is 0 Å². The van der Waals surface area contributed by atoms with Gasteiger partial charge in [0, 0.05) is 24.8 Å². The lowest BCUT2D eigenvalue weighted by Crippen LogP contribution is -2.44. The molecule has 2 aromatic heterocycles. The monoisotopic (exact) mass is 491 g/mol. The fourth-order valence-electron chi connectivity index (χ4n) is 6.21. The van der Waals surface area contributed by atoms with Gasteiger partial charge in [-0.1, -0.05) is 31.2 Å². The lowest BCUT2D eigenvalue weighted by atomic mass is 9.68. The minimum Gasteiger partial charge on any atom is -0.441 e. The molecule has 7 nitrogen and oxygen atoms in total. The van der Waals surface area contributed by atoms with Crippen molar-refractivity contribution >= 4 is 17.1 Å². The normalized spacial score (nSPS) is 23.4. The van der Waals surface area contributed by atoms with Gasteiger partial charge in [-0.05, 0) is 73.1 Å². The molecule has 1 saturated carbocycles. The van der Waals surface area contributed by atoms with Crippen molar-refractivity contribution in [3.8, 4) is 17.3 Å². The summed E-state index contributed by atoms with van der Waals surface area (Å²) >= 11 is 0. The number of ether oxygens (including phenoxy) is 1. The molecule has 0 radical (unpaired) electrons. The molecule has 1 aliphatic heterocycles. The van der Waals surface area contributed by atoms with Crippen molar-refractivity contribution < 1.29 is 9.53 Å². The number of hydrogen-bond acceptors (Lipinski definition) is 5. The molecule has 0 bridgehead atoms. The van der Waals surface area contributed by atoms with E-state index in [0.29, 0.717) is 18.7 Å². The number of amides is 1. The van der Waals surface area contributed by atoms with Gasteiger partial charge < -0.3 is 9.30 Å². The van der Waals surface area contributed by atoms with E-state index in [1.165, 1.54) is 0 Å². The molecular formula is C30H29N5O2. The number of carbonyl (C=O) groups is 1. The van der Waals surface area contributed by atoms with Gasteiger partial charge in [0.2, 0.25) is 0 Å². The van der Waals surface area contributed by atoms with Crippen LogP contribution in [0.25, 0.3) is 22.3 Å². The number of fused-ring (bicyclic) bond motifs is 1. The van der Waals surface area contributed by atoms with Crippen molar-refractivity contribution in [1.82, 2.24) is 19.4 Å². The number of hydrogen-bond donors (Lipinski definition) is 0. The first kappa shape index (κ1) is 23.2. The predicted octanol–water partition coefficient (Wildman–Crippen LogP) is 5.94. The lowest BCUT2D eigenvalue weighted by Gasteiger charge is -2.43. The third kappa shape index (κ3) is 4.55. The van der Waals surface area contributed by atoms with E-state index in [1.54, 1.807) is 12.3 Å². The van der Waals surface area contributed by atoms with Crippen LogP contribution in [0.4, 0.5) is 4.79 Å². The summed E-state index contributed by atoms with van der Waals surface area (Å²) in [5.41, 5.74) is 4.98. The number of benzene rings is 2. The Morgan fingerprint density at radius 3 is 2.84 bits per heavy atom. The van der Waals surface area contributed by atoms with E-state index in [0.717, 1.165) is 60.1 Å². The van der Waals surface area contributed by atoms with Crippen LogP contribution in [0.15, 0.2) is 73.2 Å². The summed E-state index contributed by atoms with van der Waals surface area (Å²) in [5, 5.41) is 9.33.